The fraction of sp³-hybridized carbons (Fsp3) is 1.00. The highest BCUT2D eigenvalue weighted by Crippen LogP contribution is 2.31. The quantitative estimate of drug-likeness (QED) is 0.423. The molecule has 0 aromatic heterocycles. The fourth-order valence-corrected chi connectivity index (χ4v) is 2.44. The van der Waals surface area contributed by atoms with Gasteiger partial charge in [-0.3, -0.25) is 0 Å². The van der Waals surface area contributed by atoms with Crippen LogP contribution in [0.15, 0.2) is 0 Å². The van der Waals surface area contributed by atoms with Crippen molar-refractivity contribution in [3.63, 3.8) is 0 Å². The number of hydrogen-bond acceptors (Lipinski definition) is 8. The van der Waals surface area contributed by atoms with E-state index in [0.29, 0.717) is 46.2 Å². The molecule has 8 nitrogen and oxygen atoms in total. The topological polar surface area (TPSA) is 113 Å². The molecule has 2 aliphatic heterocycles. The van der Waals surface area contributed by atoms with E-state index in [2.05, 4.69) is 0 Å². The summed E-state index contributed by atoms with van der Waals surface area (Å²) in [5.41, 5.74) is 5.28. The van der Waals surface area contributed by atoms with Crippen molar-refractivity contribution in [1.29, 1.82) is 0 Å². The van der Waals surface area contributed by atoms with Gasteiger partial charge in [-0.15, -0.1) is 0 Å². The van der Waals surface area contributed by atoms with Crippen LogP contribution in [-0.2, 0) is 23.7 Å². The lowest BCUT2D eigenvalue weighted by Crippen LogP contribution is -2.55. The molecule has 8 heteroatoms. The maximum atomic E-state index is 9.99. The molecule has 3 unspecified atom stereocenters. The summed E-state index contributed by atoms with van der Waals surface area (Å²) in [4.78, 5) is 0. The molecular weight excluding hydrogens is 282 g/mol. The summed E-state index contributed by atoms with van der Waals surface area (Å²) in [6.07, 6.45) is -3.03. The van der Waals surface area contributed by atoms with Crippen molar-refractivity contribution >= 4 is 0 Å². The summed E-state index contributed by atoms with van der Waals surface area (Å²) in [6.45, 7) is 3.41. The Kier molecular flexibility index (Phi) is 7.27. The average Bonchev–Trinajstić information content (AvgIpc) is 2.95. The van der Waals surface area contributed by atoms with Crippen molar-refractivity contribution in [3.8, 4) is 0 Å². The molecule has 5 atom stereocenters. The predicted molar refractivity (Wildman–Crippen MR) is 71.6 cm³/mol. The van der Waals surface area contributed by atoms with Crippen LogP contribution in [0, 0.1) is 5.92 Å². The predicted octanol–water partition coefficient (Wildman–Crippen LogP) is -1.91. The summed E-state index contributed by atoms with van der Waals surface area (Å²) < 4.78 is 26.7. The van der Waals surface area contributed by atoms with Crippen LogP contribution in [-0.4, -0.2) is 87.6 Å². The number of fused-ring (bicyclic) bond motifs is 1. The third-order valence-corrected chi connectivity index (χ3v) is 3.59. The molecule has 124 valence electrons. The summed E-state index contributed by atoms with van der Waals surface area (Å²) >= 11 is 0. The Bertz CT molecular complexity index is 294. The Morgan fingerprint density at radius 3 is 2.43 bits per heavy atom. The van der Waals surface area contributed by atoms with E-state index in [4.69, 9.17) is 29.4 Å². The highest BCUT2D eigenvalue weighted by Gasteiger charge is 2.47. The van der Waals surface area contributed by atoms with Gasteiger partial charge in [-0.05, 0) is 0 Å². The van der Waals surface area contributed by atoms with E-state index >= 15 is 0 Å². The van der Waals surface area contributed by atoms with E-state index in [-0.39, 0.29) is 18.6 Å². The molecular formula is C13H25NO7. The number of hydrogen-bond donors (Lipinski definition) is 3. The van der Waals surface area contributed by atoms with Crippen LogP contribution >= 0.6 is 0 Å². The molecule has 0 spiro atoms. The highest BCUT2D eigenvalue weighted by atomic mass is 16.7. The molecule has 0 aromatic rings. The van der Waals surface area contributed by atoms with Crippen LogP contribution in [0.25, 0.3) is 0 Å². The molecule has 2 fully saturated rings. The van der Waals surface area contributed by atoms with E-state index in [9.17, 15) is 10.2 Å². The maximum absolute atomic E-state index is 9.99. The third-order valence-electron chi connectivity index (χ3n) is 3.59. The SMILES string of the molecule is NCCOCCOCCO[C@H]1OC2COC[C@H]2C(O)C1O. The first-order valence-corrected chi connectivity index (χ1v) is 7.30. The van der Waals surface area contributed by atoms with Gasteiger partial charge in [0, 0.05) is 12.5 Å². The molecule has 0 saturated carbocycles. The number of aliphatic hydroxyl groups excluding tert-OH is 2. The highest BCUT2D eigenvalue weighted by molar-refractivity contribution is 4.91. The van der Waals surface area contributed by atoms with Crippen LogP contribution in [0.4, 0.5) is 0 Å². The first-order valence-electron chi connectivity index (χ1n) is 7.30. The molecule has 0 radical (unpaired) electrons. The molecule has 2 heterocycles. The lowest BCUT2D eigenvalue weighted by Gasteiger charge is -2.38. The van der Waals surface area contributed by atoms with Gasteiger partial charge < -0.3 is 39.6 Å². The fourth-order valence-electron chi connectivity index (χ4n) is 2.44. The lowest BCUT2D eigenvalue weighted by molar-refractivity contribution is -0.278. The Morgan fingerprint density at radius 1 is 0.952 bits per heavy atom. The summed E-state index contributed by atoms with van der Waals surface area (Å²) in [7, 11) is 0. The molecule has 2 rings (SSSR count). The number of aliphatic hydroxyl groups is 2. The van der Waals surface area contributed by atoms with Crippen molar-refractivity contribution in [2.75, 3.05) is 52.8 Å². The van der Waals surface area contributed by atoms with Gasteiger partial charge in [0.15, 0.2) is 6.29 Å². The number of rotatable bonds is 9. The first-order chi connectivity index (χ1) is 10.2. The zero-order valence-electron chi connectivity index (χ0n) is 12.1. The second-order valence-electron chi connectivity index (χ2n) is 5.11. The van der Waals surface area contributed by atoms with E-state index in [1.807, 2.05) is 0 Å². The smallest absolute Gasteiger partial charge is 0.186 e. The monoisotopic (exact) mass is 307 g/mol. The van der Waals surface area contributed by atoms with Crippen molar-refractivity contribution in [3.05, 3.63) is 0 Å². The Labute approximate surface area is 124 Å². The Morgan fingerprint density at radius 2 is 1.67 bits per heavy atom. The van der Waals surface area contributed by atoms with Gasteiger partial charge in [-0.25, -0.2) is 0 Å². The minimum Gasteiger partial charge on any atom is -0.390 e. The average molecular weight is 307 g/mol. The van der Waals surface area contributed by atoms with Crippen molar-refractivity contribution in [2.24, 2.45) is 11.7 Å². The molecule has 2 aliphatic rings. The van der Waals surface area contributed by atoms with Gasteiger partial charge in [0.25, 0.3) is 0 Å². The van der Waals surface area contributed by atoms with Crippen molar-refractivity contribution in [1.82, 2.24) is 0 Å². The van der Waals surface area contributed by atoms with E-state index in [1.54, 1.807) is 0 Å². The molecule has 0 amide bonds. The minimum absolute atomic E-state index is 0.184. The summed E-state index contributed by atoms with van der Waals surface area (Å²) in [6, 6.07) is 0. The van der Waals surface area contributed by atoms with Gasteiger partial charge in [-0.2, -0.15) is 0 Å². The second kappa shape index (κ2) is 8.96. The van der Waals surface area contributed by atoms with Gasteiger partial charge in [-0.1, -0.05) is 0 Å². The number of nitrogens with two attached hydrogens (primary N) is 1. The summed E-state index contributed by atoms with van der Waals surface area (Å²) in [5.74, 6) is -0.184. The van der Waals surface area contributed by atoms with Crippen LogP contribution in [0.3, 0.4) is 0 Å². The Balaban J connectivity index is 1.57. The normalized spacial score (nSPS) is 35.9. The van der Waals surface area contributed by atoms with Crippen molar-refractivity contribution in [2.45, 2.75) is 24.6 Å². The maximum Gasteiger partial charge on any atom is 0.186 e. The van der Waals surface area contributed by atoms with Crippen LogP contribution < -0.4 is 5.73 Å². The van der Waals surface area contributed by atoms with Gasteiger partial charge in [0.1, 0.15) is 6.10 Å². The molecule has 0 aliphatic carbocycles. The van der Waals surface area contributed by atoms with Gasteiger partial charge in [0.05, 0.1) is 58.5 Å². The largest absolute Gasteiger partial charge is 0.390 e. The first kappa shape index (κ1) is 17.0. The standard InChI is InChI=1S/C13H25NO7/c14-1-2-17-3-4-18-5-6-20-13-12(16)11(15)9-7-19-8-10(9)21-13/h9-13,15-16H,1-8,14H2/t9-,10?,11?,12?,13+/m1/s1. The van der Waals surface area contributed by atoms with E-state index in [0.717, 1.165) is 0 Å². The third kappa shape index (κ3) is 4.83. The number of ether oxygens (including phenoxy) is 5. The molecule has 4 N–H and O–H groups in total. The molecule has 0 bridgehead atoms. The second-order valence-corrected chi connectivity index (χ2v) is 5.11. The Hall–Kier alpha value is -0.320. The minimum atomic E-state index is -1.07. The van der Waals surface area contributed by atoms with E-state index in [1.165, 1.54) is 0 Å². The zero-order chi connectivity index (χ0) is 15.1. The van der Waals surface area contributed by atoms with Crippen LogP contribution in [0.2, 0.25) is 0 Å². The molecule has 0 aromatic carbocycles. The molecule has 21 heavy (non-hydrogen) atoms. The van der Waals surface area contributed by atoms with Gasteiger partial charge in [0.2, 0.25) is 0 Å². The van der Waals surface area contributed by atoms with Gasteiger partial charge >= 0.3 is 0 Å². The van der Waals surface area contributed by atoms with Crippen molar-refractivity contribution < 1.29 is 33.9 Å². The molecule has 2 saturated heterocycles. The zero-order valence-corrected chi connectivity index (χ0v) is 12.1. The van der Waals surface area contributed by atoms with E-state index < -0.39 is 18.5 Å². The van der Waals surface area contributed by atoms with Crippen LogP contribution in [0.5, 0.6) is 0 Å². The summed E-state index contributed by atoms with van der Waals surface area (Å²) in [5, 5.41) is 19.9. The lowest BCUT2D eigenvalue weighted by atomic mass is 9.92. The van der Waals surface area contributed by atoms with Crippen LogP contribution in [0.1, 0.15) is 0 Å².